The van der Waals surface area contributed by atoms with Gasteiger partial charge < -0.3 is 20.3 Å². The predicted molar refractivity (Wildman–Crippen MR) is 87.4 cm³/mol. The second-order valence-electron chi connectivity index (χ2n) is 6.36. The third kappa shape index (κ3) is 3.02. The van der Waals surface area contributed by atoms with Crippen molar-refractivity contribution >= 4 is 23.4 Å². The maximum Gasteiger partial charge on any atom is 0.270 e. The van der Waals surface area contributed by atoms with Crippen LogP contribution in [0.2, 0.25) is 0 Å². The molecule has 4 rings (SSSR count). The Morgan fingerprint density at radius 2 is 2.24 bits per heavy atom. The number of piperidine rings is 1. The van der Waals surface area contributed by atoms with E-state index >= 15 is 0 Å². The van der Waals surface area contributed by atoms with Gasteiger partial charge in [-0.25, -0.2) is 4.98 Å². The summed E-state index contributed by atoms with van der Waals surface area (Å²) in [5.74, 6) is -0.818. The Bertz CT molecular complexity index is 737. The lowest BCUT2D eigenvalue weighted by atomic mass is 10.1. The Balaban J connectivity index is 1.49. The molecule has 0 aliphatic carbocycles. The van der Waals surface area contributed by atoms with E-state index in [1.165, 1.54) is 0 Å². The quantitative estimate of drug-likeness (QED) is 0.576. The van der Waals surface area contributed by atoms with E-state index in [0.717, 1.165) is 25.3 Å². The van der Waals surface area contributed by atoms with E-state index in [4.69, 9.17) is 4.74 Å². The van der Waals surface area contributed by atoms with Crippen LogP contribution in [0.5, 0.6) is 5.88 Å². The SMILES string of the molecule is O=C1CC[C@H](NC(=O)c2ccc3c(n2)OC[C@H]2CNCCN32)C(=O)N1. The molecule has 2 atom stereocenters. The van der Waals surface area contributed by atoms with Gasteiger partial charge in [0.2, 0.25) is 17.7 Å². The highest BCUT2D eigenvalue weighted by Gasteiger charge is 2.32. The minimum atomic E-state index is -0.721. The molecule has 0 bridgehead atoms. The van der Waals surface area contributed by atoms with Crippen molar-refractivity contribution in [2.24, 2.45) is 0 Å². The van der Waals surface area contributed by atoms with Crippen LogP contribution < -0.4 is 25.6 Å². The number of imide groups is 1. The van der Waals surface area contributed by atoms with E-state index in [0.29, 0.717) is 18.9 Å². The Morgan fingerprint density at radius 1 is 1.36 bits per heavy atom. The molecular formula is C16H19N5O4. The molecular weight excluding hydrogens is 326 g/mol. The van der Waals surface area contributed by atoms with Gasteiger partial charge in [-0.1, -0.05) is 0 Å². The topological polar surface area (TPSA) is 113 Å². The minimum absolute atomic E-state index is 0.192. The smallest absolute Gasteiger partial charge is 0.270 e. The third-order valence-corrected chi connectivity index (χ3v) is 4.69. The van der Waals surface area contributed by atoms with Gasteiger partial charge in [0.1, 0.15) is 24.0 Å². The van der Waals surface area contributed by atoms with Crippen LogP contribution in [0.4, 0.5) is 5.69 Å². The van der Waals surface area contributed by atoms with Crippen LogP contribution in [0.3, 0.4) is 0 Å². The molecule has 2 saturated heterocycles. The first kappa shape index (κ1) is 15.8. The van der Waals surface area contributed by atoms with Crippen LogP contribution in [-0.4, -0.2) is 61.0 Å². The molecule has 1 aromatic rings. The average Bonchev–Trinajstić information content (AvgIpc) is 2.63. The fourth-order valence-electron chi connectivity index (χ4n) is 3.35. The molecule has 0 unspecified atom stereocenters. The molecule has 0 saturated carbocycles. The molecule has 9 nitrogen and oxygen atoms in total. The highest BCUT2D eigenvalue weighted by atomic mass is 16.5. The Morgan fingerprint density at radius 3 is 3.08 bits per heavy atom. The van der Waals surface area contributed by atoms with Crippen LogP contribution in [-0.2, 0) is 9.59 Å². The number of amides is 3. The first-order valence-corrected chi connectivity index (χ1v) is 8.37. The number of carbonyl (C=O) groups excluding carboxylic acids is 3. The monoisotopic (exact) mass is 345 g/mol. The van der Waals surface area contributed by atoms with Crippen molar-refractivity contribution in [3.05, 3.63) is 17.8 Å². The number of nitrogens with zero attached hydrogens (tertiary/aromatic N) is 2. The van der Waals surface area contributed by atoms with Crippen molar-refractivity contribution in [2.45, 2.75) is 24.9 Å². The van der Waals surface area contributed by atoms with E-state index < -0.39 is 17.9 Å². The Hall–Kier alpha value is -2.68. The van der Waals surface area contributed by atoms with Crippen LogP contribution in [0.1, 0.15) is 23.3 Å². The highest BCUT2D eigenvalue weighted by Crippen LogP contribution is 2.32. The summed E-state index contributed by atoms with van der Waals surface area (Å²) in [6.45, 7) is 3.14. The third-order valence-electron chi connectivity index (χ3n) is 4.69. The van der Waals surface area contributed by atoms with Gasteiger partial charge >= 0.3 is 0 Å². The zero-order valence-corrected chi connectivity index (χ0v) is 13.6. The zero-order valence-electron chi connectivity index (χ0n) is 13.6. The van der Waals surface area contributed by atoms with Crippen molar-refractivity contribution in [1.82, 2.24) is 20.9 Å². The summed E-state index contributed by atoms with van der Waals surface area (Å²) in [6.07, 6.45) is 0.502. The first-order valence-electron chi connectivity index (χ1n) is 8.37. The fourth-order valence-corrected chi connectivity index (χ4v) is 3.35. The van der Waals surface area contributed by atoms with Gasteiger partial charge in [-0.3, -0.25) is 19.7 Å². The summed E-state index contributed by atoms with van der Waals surface area (Å²) >= 11 is 0. The Kier molecular flexibility index (Phi) is 4.00. The maximum absolute atomic E-state index is 12.4. The number of piperazine rings is 1. The number of hydrogen-bond donors (Lipinski definition) is 3. The molecule has 3 aliphatic heterocycles. The second-order valence-corrected chi connectivity index (χ2v) is 6.36. The lowest BCUT2D eigenvalue weighted by molar-refractivity contribution is -0.134. The molecule has 25 heavy (non-hydrogen) atoms. The number of anilines is 1. The molecule has 9 heteroatoms. The molecule has 1 aromatic heterocycles. The van der Waals surface area contributed by atoms with Gasteiger partial charge in [-0.2, -0.15) is 0 Å². The lowest BCUT2D eigenvalue weighted by Crippen LogP contribution is -2.56. The van der Waals surface area contributed by atoms with E-state index in [1.807, 2.05) is 6.07 Å². The van der Waals surface area contributed by atoms with E-state index in [2.05, 4.69) is 25.8 Å². The summed E-state index contributed by atoms with van der Waals surface area (Å²) in [7, 11) is 0. The summed E-state index contributed by atoms with van der Waals surface area (Å²) < 4.78 is 5.71. The van der Waals surface area contributed by atoms with Crippen molar-refractivity contribution in [2.75, 3.05) is 31.1 Å². The normalized spacial score (nSPS) is 25.4. The largest absolute Gasteiger partial charge is 0.474 e. The summed E-state index contributed by atoms with van der Waals surface area (Å²) in [5.41, 5.74) is 1.08. The first-order chi connectivity index (χ1) is 12.1. The molecule has 3 aliphatic rings. The summed E-state index contributed by atoms with van der Waals surface area (Å²) in [5, 5.41) is 8.17. The molecule has 2 fully saturated rings. The Labute approximate surface area is 144 Å². The second kappa shape index (κ2) is 6.32. The zero-order chi connectivity index (χ0) is 17.4. The predicted octanol–water partition coefficient (Wildman–Crippen LogP) is -1.21. The lowest BCUT2D eigenvalue weighted by Gasteiger charge is -2.41. The fraction of sp³-hybridized carbons (Fsp3) is 0.500. The van der Waals surface area contributed by atoms with Gasteiger partial charge in [0.05, 0.1) is 6.04 Å². The molecule has 0 aromatic carbocycles. The summed E-state index contributed by atoms with van der Waals surface area (Å²) in [6, 6.07) is 3.01. The standard InChI is InChI=1S/C16H19N5O4/c22-13-4-2-10(15(24)20-13)18-14(23)11-1-3-12-16(19-11)25-8-9-7-17-5-6-21(9)12/h1,3,9-10,17H,2,4-8H2,(H,18,23)(H,20,22,24)/t9-,10+/m1/s1. The van der Waals surface area contributed by atoms with E-state index in [9.17, 15) is 14.4 Å². The van der Waals surface area contributed by atoms with Gasteiger partial charge in [0.25, 0.3) is 5.91 Å². The highest BCUT2D eigenvalue weighted by molar-refractivity contribution is 6.03. The average molecular weight is 345 g/mol. The maximum atomic E-state index is 12.4. The number of fused-ring (bicyclic) bond motifs is 3. The van der Waals surface area contributed by atoms with E-state index in [-0.39, 0.29) is 24.1 Å². The van der Waals surface area contributed by atoms with Crippen molar-refractivity contribution in [3.8, 4) is 5.88 Å². The van der Waals surface area contributed by atoms with Crippen LogP contribution in [0, 0.1) is 0 Å². The van der Waals surface area contributed by atoms with Crippen molar-refractivity contribution in [3.63, 3.8) is 0 Å². The number of aromatic nitrogens is 1. The van der Waals surface area contributed by atoms with Crippen molar-refractivity contribution < 1.29 is 19.1 Å². The molecule has 3 amide bonds. The van der Waals surface area contributed by atoms with Gasteiger partial charge in [0, 0.05) is 26.1 Å². The molecule has 4 heterocycles. The van der Waals surface area contributed by atoms with Crippen LogP contribution in [0.15, 0.2) is 12.1 Å². The van der Waals surface area contributed by atoms with Crippen molar-refractivity contribution in [1.29, 1.82) is 0 Å². The van der Waals surface area contributed by atoms with Gasteiger partial charge in [0.15, 0.2) is 0 Å². The molecule has 0 radical (unpaired) electrons. The summed E-state index contributed by atoms with van der Waals surface area (Å²) in [4.78, 5) is 41.9. The number of pyridine rings is 1. The van der Waals surface area contributed by atoms with Crippen LogP contribution in [0.25, 0.3) is 0 Å². The number of ether oxygens (including phenoxy) is 1. The molecule has 0 spiro atoms. The molecule has 132 valence electrons. The number of carbonyl (C=O) groups is 3. The molecule has 3 N–H and O–H groups in total. The minimum Gasteiger partial charge on any atom is -0.474 e. The van der Waals surface area contributed by atoms with Crippen LogP contribution >= 0.6 is 0 Å². The van der Waals surface area contributed by atoms with Gasteiger partial charge in [-0.05, 0) is 18.6 Å². The number of hydrogen-bond acceptors (Lipinski definition) is 7. The van der Waals surface area contributed by atoms with E-state index in [1.54, 1.807) is 6.07 Å². The number of rotatable bonds is 2. The number of nitrogens with one attached hydrogen (secondary N) is 3. The van der Waals surface area contributed by atoms with Gasteiger partial charge in [-0.15, -0.1) is 0 Å².